The first kappa shape index (κ1) is 17.2. The van der Waals surface area contributed by atoms with Gasteiger partial charge in [0.1, 0.15) is 0 Å². The van der Waals surface area contributed by atoms with Gasteiger partial charge in [-0.05, 0) is 30.0 Å². The summed E-state index contributed by atoms with van der Waals surface area (Å²) in [5.74, 6) is 0.408. The third-order valence-electron chi connectivity index (χ3n) is 3.00. The van der Waals surface area contributed by atoms with Crippen LogP contribution in [0.5, 0.6) is 0 Å². The van der Waals surface area contributed by atoms with Gasteiger partial charge < -0.3 is 4.74 Å². The van der Waals surface area contributed by atoms with E-state index in [4.69, 9.17) is 4.74 Å². The number of ether oxygens (including phenoxy) is 1. The van der Waals surface area contributed by atoms with Crippen LogP contribution in [0.25, 0.3) is 0 Å². The largest absolute Gasteiger partial charge is 0.465 e. The number of halogens is 3. The molecule has 0 aliphatic carbocycles. The van der Waals surface area contributed by atoms with E-state index in [9.17, 15) is 4.79 Å². The van der Waals surface area contributed by atoms with E-state index in [-0.39, 0.29) is 12.4 Å². The Bertz CT molecular complexity index is 423. The van der Waals surface area contributed by atoms with E-state index in [1.54, 1.807) is 0 Å². The molecule has 0 bridgehead atoms. The van der Waals surface area contributed by atoms with Crippen molar-refractivity contribution in [2.24, 2.45) is 5.92 Å². The summed E-state index contributed by atoms with van der Waals surface area (Å²) in [5, 5.41) is 0. The first-order valence-electron chi connectivity index (χ1n) is 6.23. The molecular weight excluding hydrogens is 440 g/mol. The summed E-state index contributed by atoms with van der Waals surface area (Å²) < 4.78 is 8.02. The van der Waals surface area contributed by atoms with Crippen molar-refractivity contribution >= 4 is 53.8 Å². The number of carbonyl (C=O) groups is 1. The minimum atomic E-state index is -0.188. The number of benzene rings is 1. The molecule has 0 heterocycles. The molecule has 1 rings (SSSR count). The van der Waals surface area contributed by atoms with Crippen LogP contribution in [0.4, 0.5) is 0 Å². The van der Waals surface area contributed by atoms with E-state index in [1.165, 1.54) is 0 Å². The molecule has 5 heteroatoms. The molecule has 0 N–H and O–H groups in total. The first-order valence-corrected chi connectivity index (χ1v) is 8.61. The fraction of sp³-hybridized carbons (Fsp3) is 0.500. The summed E-state index contributed by atoms with van der Waals surface area (Å²) in [6.45, 7) is 4.80. The minimum Gasteiger partial charge on any atom is -0.465 e. The quantitative estimate of drug-likeness (QED) is 0.528. The van der Waals surface area contributed by atoms with E-state index < -0.39 is 0 Å². The van der Waals surface area contributed by atoms with Gasteiger partial charge >= 0.3 is 5.97 Å². The molecule has 1 aromatic carbocycles. The third-order valence-corrected chi connectivity index (χ3v) is 4.87. The molecule has 0 aliphatic rings. The average molecular weight is 457 g/mol. The zero-order valence-corrected chi connectivity index (χ0v) is 15.8. The van der Waals surface area contributed by atoms with Crippen molar-refractivity contribution in [3.63, 3.8) is 0 Å². The van der Waals surface area contributed by atoms with Crippen LogP contribution in [0, 0.1) is 5.92 Å². The Morgan fingerprint density at radius 1 is 1.26 bits per heavy atom. The zero-order valence-electron chi connectivity index (χ0n) is 11.0. The van der Waals surface area contributed by atoms with Crippen LogP contribution in [0.1, 0.15) is 32.3 Å². The Kier molecular flexibility index (Phi) is 7.62. The number of carbonyl (C=O) groups excluding carboxylic acids is 1. The SMILES string of the molecule is CCC(C)CCOC(=O)Cc1c(Br)cc(Br)cc1Br. The molecule has 19 heavy (non-hydrogen) atoms. The summed E-state index contributed by atoms with van der Waals surface area (Å²) in [5.41, 5.74) is 0.914. The summed E-state index contributed by atoms with van der Waals surface area (Å²) in [7, 11) is 0. The normalized spacial score (nSPS) is 12.3. The van der Waals surface area contributed by atoms with Crippen molar-refractivity contribution in [2.75, 3.05) is 6.61 Å². The summed E-state index contributed by atoms with van der Waals surface area (Å²) in [4.78, 5) is 11.8. The maximum absolute atomic E-state index is 11.8. The van der Waals surface area contributed by atoms with Gasteiger partial charge in [0, 0.05) is 13.4 Å². The van der Waals surface area contributed by atoms with Crippen molar-refractivity contribution in [2.45, 2.75) is 33.1 Å². The number of esters is 1. The van der Waals surface area contributed by atoms with Gasteiger partial charge in [-0.1, -0.05) is 68.1 Å². The molecule has 0 aromatic heterocycles. The second-order valence-electron chi connectivity index (χ2n) is 4.55. The van der Waals surface area contributed by atoms with Gasteiger partial charge in [-0.2, -0.15) is 0 Å². The molecule has 106 valence electrons. The van der Waals surface area contributed by atoms with Gasteiger partial charge in [0.2, 0.25) is 0 Å². The molecule has 1 atom stereocenters. The Morgan fingerprint density at radius 3 is 2.37 bits per heavy atom. The highest BCUT2D eigenvalue weighted by Crippen LogP contribution is 2.30. The van der Waals surface area contributed by atoms with E-state index in [0.717, 1.165) is 31.8 Å². The average Bonchev–Trinajstić information content (AvgIpc) is 2.33. The lowest BCUT2D eigenvalue weighted by atomic mass is 10.1. The third kappa shape index (κ3) is 5.96. The van der Waals surface area contributed by atoms with Gasteiger partial charge in [-0.3, -0.25) is 4.79 Å². The van der Waals surface area contributed by atoms with Gasteiger partial charge in [-0.25, -0.2) is 0 Å². The highest BCUT2D eigenvalue weighted by atomic mass is 79.9. The van der Waals surface area contributed by atoms with Gasteiger partial charge in [-0.15, -0.1) is 0 Å². The van der Waals surface area contributed by atoms with Gasteiger partial charge in [0.15, 0.2) is 0 Å². The lowest BCUT2D eigenvalue weighted by molar-refractivity contribution is -0.143. The van der Waals surface area contributed by atoms with E-state index in [0.29, 0.717) is 12.5 Å². The Labute approximate surface area is 139 Å². The second-order valence-corrected chi connectivity index (χ2v) is 7.17. The molecule has 0 saturated carbocycles. The van der Waals surface area contributed by atoms with Crippen molar-refractivity contribution in [1.29, 1.82) is 0 Å². The first-order chi connectivity index (χ1) is 8.93. The Balaban J connectivity index is 2.53. The van der Waals surface area contributed by atoms with Crippen LogP contribution in [0.2, 0.25) is 0 Å². The molecule has 0 aliphatic heterocycles. The zero-order chi connectivity index (χ0) is 14.4. The molecule has 1 unspecified atom stereocenters. The van der Waals surface area contributed by atoms with Crippen LogP contribution in [0.15, 0.2) is 25.6 Å². The lowest BCUT2D eigenvalue weighted by Crippen LogP contribution is -2.11. The van der Waals surface area contributed by atoms with Crippen LogP contribution >= 0.6 is 47.8 Å². The topological polar surface area (TPSA) is 26.3 Å². The molecule has 2 nitrogen and oxygen atoms in total. The maximum atomic E-state index is 11.8. The smallest absolute Gasteiger partial charge is 0.310 e. The molecule has 0 amide bonds. The monoisotopic (exact) mass is 454 g/mol. The lowest BCUT2D eigenvalue weighted by Gasteiger charge is -2.11. The number of hydrogen-bond donors (Lipinski definition) is 0. The standard InChI is InChI=1S/C14H17Br3O2/c1-3-9(2)4-5-19-14(18)8-11-12(16)6-10(15)7-13(11)17/h6-7,9H,3-5,8H2,1-2H3. The second kappa shape index (κ2) is 8.42. The van der Waals surface area contributed by atoms with Crippen molar-refractivity contribution in [3.8, 4) is 0 Å². The summed E-state index contributed by atoms with van der Waals surface area (Å²) >= 11 is 10.3. The molecular formula is C14H17Br3O2. The fourth-order valence-electron chi connectivity index (χ4n) is 1.51. The summed E-state index contributed by atoms with van der Waals surface area (Å²) in [6.07, 6.45) is 2.31. The van der Waals surface area contributed by atoms with Crippen LogP contribution in [-0.4, -0.2) is 12.6 Å². The van der Waals surface area contributed by atoms with Crippen LogP contribution < -0.4 is 0 Å². The van der Waals surface area contributed by atoms with Gasteiger partial charge in [0.05, 0.1) is 13.0 Å². The highest BCUT2D eigenvalue weighted by Gasteiger charge is 2.13. The van der Waals surface area contributed by atoms with Crippen molar-refractivity contribution in [1.82, 2.24) is 0 Å². The predicted octanol–water partition coefficient (Wildman–Crippen LogP) is 5.50. The predicted molar refractivity (Wildman–Crippen MR) is 88.3 cm³/mol. The summed E-state index contributed by atoms with van der Waals surface area (Å²) in [6, 6.07) is 3.85. The molecule has 1 aromatic rings. The molecule has 0 spiro atoms. The molecule has 0 radical (unpaired) electrons. The van der Waals surface area contributed by atoms with Crippen molar-refractivity contribution < 1.29 is 9.53 Å². The van der Waals surface area contributed by atoms with Crippen molar-refractivity contribution in [3.05, 3.63) is 31.1 Å². The van der Waals surface area contributed by atoms with E-state index in [2.05, 4.69) is 61.6 Å². The Hall–Kier alpha value is 0.130. The maximum Gasteiger partial charge on any atom is 0.310 e. The van der Waals surface area contributed by atoms with Crippen LogP contribution in [-0.2, 0) is 16.0 Å². The van der Waals surface area contributed by atoms with E-state index in [1.807, 2.05) is 12.1 Å². The number of rotatable bonds is 6. The molecule has 0 saturated heterocycles. The van der Waals surface area contributed by atoms with Gasteiger partial charge in [0.25, 0.3) is 0 Å². The number of hydrogen-bond acceptors (Lipinski definition) is 2. The Morgan fingerprint density at radius 2 is 1.84 bits per heavy atom. The molecule has 0 fully saturated rings. The van der Waals surface area contributed by atoms with E-state index >= 15 is 0 Å². The minimum absolute atomic E-state index is 0.188. The fourth-order valence-corrected chi connectivity index (χ4v) is 4.05. The van der Waals surface area contributed by atoms with Crippen LogP contribution in [0.3, 0.4) is 0 Å². The highest BCUT2D eigenvalue weighted by molar-refractivity contribution is 9.11.